The van der Waals surface area contributed by atoms with Crippen LogP contribution in [-0.4, -0.2) is 49.6 Å². The monoisotopic (exact) mass is 267 g/mol. The Bertz CT molecular complexity index is 340. The lowest BCUT2D eigenvalue weighted by atomic mass is 9.93. The molecular weight excluding hydrogens is 242 g/mol. The topological polar surface area (TPSA) is 53.9 Å². The van der Waals surface area contributed by atoms with Gasteiger partial charge in [0.25, 0.3) is 0 Å². The standard InChI is InChI=1S/C14H25N3O2/c1-3-19-13(18)11-6-5-9-17(10-11)14(15-2)16-12-7-4-8-12/h11-12H,3-10H2,1-2H3,(H,15,16). The smallest absolute Gasteiger partial charge is 0.310 e. The molecule has 2 aliphatic rings. The van der Waals surface area contributed by atoms with Crippen LogP contribution < -0.4 is 5.32 Å². The molecule has 0 bridgehead atoms. The molecule has 2 rings (SSSR count). The normalized spacial score (nSPS) is 24.8. The lowest BCUT2D eigenvalue weighted by Crippen LogP contribution is -2.52. The van der Waals surface area contributed by atoms with Crippen LogP contribution in [0.1, 0.15) is 39.0 Å². The summed E-state index contributed by atoms with van der Waals surface area (Å²) in [7, 11) is 1.81. The van der Waals surface area contributed by atoms with Gasteiger partial charge in [0.2, 0.25) is 0 Å². The summed E-state index contributed by atoms with van der Waals surface area (Å²) in [5.74, 6) is 0.874. The number of esters is 1. The molecule has 1 aliphatic heterocycles. The van der Waals surface area contributed by atoms with E-state index in [-0.39, 0.29) is 11.9 Å². The van der Waals surface area contributed by atoms with Crippen LogP contribution in [0.2, 0.25) is 0 Å². The van der Waals surface area contributed by atoms with Gasteiger partial charge in [-0.05, 0) is 39.0 Å². The summed E-state index contributed by atoms with van der Waals surface area (Å²) in [6.45, 7) is 4.02. The summed E-state index contributed by atoms with van der Waals surface area (Å²) in [6, 6.07) is 0.571. The highest BCUT2D eigenvalue weighted by Crippen LogP contribution is 2.21. The van der Waals surface area contributed by atoms with Crippen molar-refractivity contribution >= 4 is 11.9 Å². The van der Waals surface area contributed by atoms with Crippen molar-refractivity contribution in [1.29, 1.82) is 0 Å². The van der Waals surface area contributed by atoms with Crippen molar-refractivity contribution in [2.75, 3.05) is 26.7 Å². The molecule has 19 heavy (non-hydrogen) atoms. The molecule has 5 nitrogen and oxygen atoms in total. The van der Waals surface area contributed by atoms with Gasteiger partial charge < -0.3 is 15.0 Å². The number of guanidine groups is 1. The Kier molecular flexibility index (Phi) is 5.05. The number of carbonyl (C=O) groups excluding carboxylic acids is 1. The largest absolute Gasteiger partial charge is 0.466 e. The lowest BCUT2D eigenvalue weighted by Gasteiger charge is -2.37. The van der Waals surface area contributed by atoms with Crippen LogP contribution in [0, 0.1) is 5.92 Å². The van der Waals surface area contributed by atoms with Crippen LogP contribution in [0.15, 0.2) is 4.99 Å². The molecule has 2 fully saturated rings. The van der Waals surface area contributed by atoms with Gasteiger partial charge in [-0.25, -0.2) is 0 Å². The van der Waals surface area contributed by atoms with E-state index < -0.39 is 0 Å². The molecule has 1 saturated carbocycles. The highest BCUT2D eigenvalue weighted by atomic mass is 16.5. The van der Waals surface area contributed by atoms with Crippen molar-refractivity contribution in [2.24, 2.45) is 10.9 Å². The average molecular weight is 267 g/mol. The Morgan fingerprint density at radius 3 is 2.74 bits per heavy atom. The van der Waals surface area contributed by atoms with E-state index in [2.05, 4.69) is 15.2 Å². The number of nitrogens with zero attached hydrogens (tertiary/aromatic N) is 2. The number of hydrogen-bond donors (Lipinski definition) is 1. The zero-order valence-corrected chi connectivity index (χ0v) is 12.0. The third-order valence-electron chi connectivity index (χ3n) is 3.99. The van der Waals surface area contributed by atoms with Crippen molar-refractivity contribution in [3.63, 3.8) is 0 Å². The van der Waals surface area contributed by atoms with Crippen LogP contribution in [0.4, 0.5) is 0 Å². The second-order valence-electron chi connectivity index (χ2n) is 5.36. The molecule has 1 atom stereocenters. The first-order chi connectivity index (χ1) is 9.24. The second kappa shape index (κ2) is 6.78. The summed E-state index contributed by atoms with van der Waals surface area (Å²) < 4.78 is 5.13. The maximum absolute atomic E-state index is 11.8. The summed E-state index contributed by atoms with van der Waals surface area (Å²) in [5.41, 5.74) is 0. The predicted molar refractivity (Wildman–Crippen MR) is 75.1 cm³/mol. The number of likely N-dealkylation sites (tertiary alicyclic amines) is 1. The van der Waals surface area contributed by atoms with Gasteiger partial charge >= 0.3 is 5.97 Å². The molecule has 1 aliphatic carbocycles. The minimum Gasteiger partial charge on any atom is -0.466 e. The van der Waals surface area contributed by atoms with Crippen molar-refractivity contribution in [2.45, 2.75) is 45.1 Å². The number of piperidine rings is 1. The Labute approximate surface area is 115 Å². The van der Waals surface area contributed by atoms with E-state index in [0.717, 1.165) is 31.9 Å². The van der Waals surface area contributed by atoms with Crippen molar-refractivity contribution in [3.05, 3.63) is 0 Å². The van der Waals surface area contributed by atoms with E-state index >= 15 is 0 Å². The minimum absolute atomic E-state index is 0.00589. The van der Waals surface area contributed by atoms with Gasteiger partial charge in [-0.15, -0.1) is 0 Å². The highest BCUT2D eigenvalue weighted by molar-refractivity contribution is 5.81. The average Bonchev–Trinajstić information content (AvgIpc) is 2.38. The first-order valence-electron chi connectivity index (χ1n) is 7.39. The lowest BCUT2D eigenvalue weighted by molar-refractivity contribution is -0.149. The molecule has 0 aromatic heterocycles. The molecule has 1 N–H and O–H groups in total. The maximum atomic E-state index is 11.8. The van der Waals surface area contributed by atoms with E-state index in [1.165, 1.54) is 19.3 Å². The van der Waals surface area contributed by atoms with Crippen molar-refractivity contribution in [3.8, 4) is 0 Å². The fraction of sp³-hybridized carbons (Fsp3) is 0.857. The zero-order chi connectivity index (χ0) is 13.7. The Morgan fingerprint density at radius 1 is 1.37 bits per heavy atom. The number of aliphatic imine (C=N–C) groups is 1. The minimum atomic E-state index is -0.0636. The van der Waals surface area contributed by atoms with Crippen molar-refractivity contribution < 1.29 is 9.53 Å². The Morgan fingerprint density at radius 2 is 2.16 bits per heavy atom. The van der Waals surface area contributed by atoms with Crippen molar-refractivity contribution in [1.82, 2.24) is 10.2 Å². The first-order valence-corrected chi connectivity index (χ1v) is 7.39. The molecule has 0 aromatic carbocycles. The highest BCUT2D eigenvalue weighted by Gasteiger charge is 2.29. The molecule has 0 spiro atoms. The Hall–Kier alpha value is -1.26. The molecule has 0 aromatic rings. The molecule has 108 valence electrons. The molecule has 1 unspecified atom stereocenters. The maximum Gasteiger partial charge on any atom is 0.310 e. The number of rotatable bonds is 3. The molecule has 1 heterocycles. The zero-order valence-electron chi connectivity index (χ0n) is 12.0. The number of ether oxygens (including phenoxy) is 1. The summed E-state index contributed by atoms with van der Waals surface area (Å²) in [6.07, 6.45) is 5.72. The van der Waals surface area contributed by atoms with Crippen LogP contribution in [-0.2, 0) is 9.53 Å². The molecule has 0 radical (unpaired) electrons. The van der Waals surface area contributed by atoms with Crippen LogP contribution >= 0.6 is 0 Å². The van der Waals surface area contributed by atoms with Gasteiger partial charge in [-0.3, -0.25) is 9.79 Å². The third kappa shape index (κ3) is 3.61. The molecule has 0 amide bonds. The van der Waals surface area contributed by atoms with E-state index in [0.29, 0.717) is 12.6 Å². The predicted octanol–water partition coefficient (Wildman–Crippen LogP) is 1.39. The molecule has 5 heteroatoms. The van der Waals surface area contributed by atoms with Gasteiger partial charge in [0.15, 0.2) is 5.96 Å². The number of hydrogen-bond acceptors (Lipinski definition) is 3. The van der Waals surface area contributed by atoms with E-state index in [4.69, 9.17) is 4.74 Å². The van der Waals surface area contributed by atoms with Crippen LogP contribution in [0.5, 0.6) is 0 Å². The number of carbonyl (C=O) groups is 1. The summed E-state index contributed by atoms with van der Waals surface area (Å²) >= 11 is 0. The summed E-state index contributed by atoms with van der Waals surface area (Å²) in [5, 5.41) is 3.49. The van der Waals surface area contributed by atoms with Gasteiger partial charge in [-0.1, -0.05) is 0 Å². The summed E-state index contributed by atoms with van der Waals surface area (Å²) in [4.78, 5) is 18.4. The van der Waals surface area contributed by atoms with E-state index in [9.17, 15) is 4.79 Å². The fourth-order valence-corrected chi connectivity index (χ4v) is 2.65. The Balaban J connectivity index is 1.89. The first kappa shape index (κ1) is 14.2. The third-order valence-corrected chi connectivity index (χ3v) is 3.99. The van der Waals surface area contributed by atoms with E-state index in [1.807, 2.05) is 14.0 Å². The van der Waals surface area contributed by atoms with Gasteiger partial charge in [0.1, 0.15) is 0 Å². The van der Waals surface area contributed by atoms with Gasteiger partial charge in [0.05, 0.1) is 12.5 Å². The SMILES string of the molecule is CCOC(=O)C1CCCN(C(=NC)NC2CCC2)C1. The quantitative estimate of drug-likeness (QED) is 0.477. The molecule has 1 saturated heterocycles. The van der Waals surface area contributed by atoms with Gasteiger partial charge in [0, 0.05) is 26.2 Å². The van der Waals surface area contributed by atoms with Crippen LogP contribution in [0.25, 0.3) is 0 Å². The fourth-order valence-electron chi connectivity index (χ4n) is 2.65. The van der Waals surface area contributed by atoms with Crippen LogP contribution in [0.3, 0.4) is 0 Å². The van der Waals surface area contributed by atoms with Gasteiger partial charge in [-0.2, -0.15) is 0 Å². The second-order valence-corrected chi connectivity index (χ2v) is 5.36. The molecular formula is C14H25N3O2. The number of nitrogens with one attached hydrogen (secondary N) is 1. The van der Waals surface area contributed by atoms with E-state index in [1.54, 1.807) is 0 Å².